The van der Waals surface area contributed by atoms with Crippen LogP contribution in [0.25, 0.3) is 0 Å². The van der Waals surface area contributed by atoms with E-state index in [0.717, 1.165) is 11.4 Å². The van der Waals surface area contributed by atoms with Gasteiger partial charge in [0.2, 0.25) is 0 Å². The molecular weight excluding hydrogens is 304 g/mol. The highest BCUT2D eigenvalue weighted by atomic mass is 35.5. The minimum atomic E-state index is -0.548. The van der Waals surface area contributed by atoms with Crippen molar-refractivity contribution in [3.63, 3.8) is 0 Å². The molecule has 22 heavy (non-hydrogen) atoms. The standard InChI is InChI=1S/C15H17ClN4O2/c1-9-4-12(19-18-9)5-10-7-20(8-14(10)21)15(22)13-3-2-11(16)6-17-13/h2-4,6,10,14,21H,5,7-8H2,1H3,(H,18,19)/t10-,14+/m1/s1. The highest BCUT2D eigenvalue weighted by Crippen LogP contribution is 2.22. The number of amides is 1. The van der Waals surface area contributed by atoms with Gasteiger partial charge in [-0.2, -0.15) is 5.10 Å². The van der Waals surface area contributed by atoms with Crippen LogP contribution >= 0.6 is 11.6 Å². The predicted molar refractivity (Wildman–Crippen MR) is 81.7 cm³/mol. The molecule has 2 aromatic heterocycles. The van der Waals surface area contributed by atoms with Gasteiger partial charge in [-0.15, -0.1) is 0 Å². The Kier molecular flexibility index (Phi) is 4.13. The fourth-order valence-electron chi connectivity index (χ4n) is 2.73. The molecule has 0 radical (unpaired) electrons. The van der Waals surface area contributed by atoms with Crippen LogP contribution in [0.3, 0.4) is 0 Å². The molecule has 2 aromatic rings. The van der Waals surface area contributed by atoms with Crippen molar-refractivity contribution >= 4 is 17.5 Å². The zero-order valence-corrected chi connectivity index (χ0v) is 12.9. The summed E-state index contributed by atoms with van der Waals surface area (Å²) in [6.07, 6.45) is 1.54. The number of carbonyl (C=O) groups excluding carboxylic acids is 1. The first kappa shape index (κ1) is 15.0. The number of aromatic nitrogens is 3. The van der Waals surface area contributed by atoms with E-state index in [1.54, 1.807) is 17.0 Å². The van der Waals surface area contributed by atoms with E-state index in [4.69, 9.17) is 11.6 Å². The van der Waals surface area contributed by atoms with Crippen LogP contribution in [0.2, 0.25) is 5.02 Å². The van der Waals surface area contributed by atoms with Crippen LogP contribution in [0.1, 0.15) is 21.9 Å². The summed E-state index contributed by atoms with van der Waals surface area (Å²) in [5.41, 5.74) is 2.23. The van der Waals surface area contributed by atoms with Crippen molar-refractivity contribution in [2.45, 2.75) is 19.4 Å². The largest absolute Gasteiger partial charge is 0.391 e. The molecule has 3 rings (SSSR count). The van der Waals surface area contributed by atoms with Gasteiger partial charge in [0.25, 0.3) is 5.91 Å². The van der Waals surface area contributed by atoms with Crippen LogP contribution in [0.15, 0.2) is 24.4 Å². The molecule has 0 aromatic carbocycles. The number of nitrogens with zero attached hydrogens (tertiary/aromatic N) is 3. The molecule has 0 unspecified atom stereocenters. The van der Waals surface area contributed by atoms with Crippen LogP contribution in [0.4, 0.5) is 0 Å². The van der Waals surface area contributed by atoms with E-state index in [9.17, 15) is 9.90 Å². The van der Waals surface area contributed by atoms with Crippen molar-refractivity contribution in [1.29, 1.82) is 0 Å². The van der Waals surface area contributed by atoms with Gasteiger partial charge >= 0.3 is 0 Å². The van der Waals surface area contributed by atoms with Gasteiger partial charge in [0.05, 0.1) is 16.8 Å². The van der Waals surface area contributed by atoms with Crippen LogP contribution in [0.5, 0.6) is 0 Å². The normalized spacial score (nSPS) is 21.3. The van der Waals surface area contributed by atoms with E-state index in [2.05, 4.69) is 15.2 Å². The summed E-state index contributed by atoms with van der Waals surface area (Å²) in [6, 6.07) is 5.19. The molecule has 2 atom stereocenters. The zero-order chi connectivity index (χ0) is 15.7. The van der Waals surface area contributed by atoms with Gasteiger partial charge in [-0.1, -0.05) is 11.6 Å². The number of aliphatic hydroxyl groups excluding tert-OH is 1. The summed E-state index contributed by atoms with van der Waals surface area (Å²) >= 11 is 5.78. The molecule has 3 heterocycles. The number of pyridine rings is 1. The summed E-state index contributed by atoms with van der Waals surface area (Å²) in [5, 5.41) is 17.8. The average Bonchev–Trinajstić information content (AvgIpc) is 3.06. The van der Waals surface area contributed by atoms with Gasteiger partial charge in [-0.3, -0.25) is 9.89 Å². The quantitative estimate of drug-likeness (QED) is 0.896. The number of H-pyrrole nitrogens is 1. The van der Waals surface area contributed by atoms with Gasteiger partial charge in [-0.05, 0) is 31.5 Å². The maximum atomic E-state index is 12.4. The third-order valence-corrected chi connectivity index (χ3v) is 4.09. The third-order valence-electron chi connectivity index (χ3n) is 3.87. The van der Waals surface area contributed by atoms with Crippen molar-refractivity contribution in [3.05, 3.63) is 46.5 Å². The van der Waals surface area contributed by atoms with Crippen LogP contribution in [0, 0.1) is 12.8 Å². The number of hydrogen-bond donors (Lipinski definition) is 2. The molecule has 1 aliphatic rings. The average molecular weight is 321 g/mol. The number of carbonyl (C=O) groups is 1. The highest BCUT2D eigenvalue weighted by Gasteiger charge is 2.35. The summed E-state index contributed by atoms with van der Waals surface area (Å²) in [4.78, 5) is 18.1. The number of aryl methyl sites for hydroxylation is 1. The highest BCUT2D eigenvalue weighted by molar-refractivity contribution is 6.30. The van der Waals surface area contributed by atoms with Crippen molar-refractivity contribution < 1.29 is 9.90 Å². The van der Waals surface area contributed by atoms with Gasteiger partial charge in [0.1, 0.15) is 5.69 Å². The van der Waals surface area contributed by atoms with Crippen molar-refractivity contribution in [3.8, 4) is 0 Å². The SMILES string of the molecule is Cc1cc(C[C@@H]2CN(C(=O)c3ccc(Cl)cn3)C[C@@H]2O)n[nH]1. The minimum Gasteiger partial charge on any atom is -0.391 e. The van der Waals surface area contributed by atoms with Crippen molar-refractivity contribution in [1.82, 2.24) is 20.1 Å². The Bertz CT molecular complexity index is 670. The summed E-state index contributed by atoms with van der Waals surface area (Å²) < 4.78 is 0. The van der Waals surface area contributed by atoms with E-state index < -0.39 is 6.10 Å². The monoisotopic (exact) mass is 320 g/mol. The molecule has 7 heteroatoms. The molecule has 2 N–H and O–H groups in total. The molecule has 0 saturated carbocycles. The van der Waals surface area contributed by atoms with E-state index in [0.29, 0.717) is 30.2 Å². The van der Waals surface area contributed by atoms with Crippen molar-refractivity contribution in [2.24, 2.45) is 5.92 Å². The molecule has 6 nitrogen and oxygen atoms in total. The first-order chi connectivity index (χ1) is 10.5. The second-order valence-electron chi connectivity index (χ2n) is 5.65. The summed E-state index contributed by atoms with van der Waals surface area (Å²) in [6.45, 7) is 2.75. The maximum Gasteiger partial charge on any atom is 0.272 e. The third kappa shape index (κ3) is 3.13. The number of β-amino-alcohol motifs (C(OH)–C–C–N with tert-alkyl or cyclic N) is 1. The Morgan fingerprint density at radius 2 is 2.32 bits per heavy atom. The first-order valence-corrected chi connectivity index (χ1v) is 7.50. The Morgan fingerprint density at radius 3 is 2.95 bits per heavy atom. The first-order valence-electron chi connectivity index (χ1n) is 7.12. The van der Waals surface area contributed by atoms with Gasteiger partial charge in [0, 0.05) is 30.9 Å². The Morgan fingerprint density at radius 1 is 1.50 bits per heavy atom. The lowest BCUT2D eigenvalue weighted by atomic mass is 10.0. The molecule has 1 amide bonds. The lowest BCUT2D eigenvalue weighted by molar-refractivity contribution is 0.0759. The Balaban J connectivity index is 1.67. The maximum absolute atomic E-state index is 12.4. The molecule has 0 aliphatic carbocycles. The van der Waals surface area contributed by atoms with Crippen LogP contribution in [-0.4, -0.2) is 50.3 Å². The van der Waals surface area contributed by atoms with E-state index in [-0.39, 0.29) is 11.8 Å². The molecule has 1 aliphatic heterocycles. The van der Waals surface area contributed by atoms with Gasteiger partial charge < -0.3 is 10.0 Å². The van der Waals surface area contributed by atoms with E-state index in [1.807, 2.05) is 13.0 Å². The molecule has 1 saturated heterocycles. The van der Waals surface area contributed by atoms with Crippen LogP contribution in [-0.2, 0) is 6.42 Å². The Hall–Kier alpha value is -1.92. The van der Waals surface area contributed by atoms with Crippen molar-refractivity contribution in [2.75, 3.05) is 13.1 Å². The number of rotatable bonds is 3. The smallest absolute Gasteiger partial charge is 0.272 e. The predicted octanol–water partition coefficient (Wildman–Crippen LogP) is 1.44. The molecule has 0 bridgehead atoms. The second kappa shape index (κ2) is 6.06. The number of likely N-dealkylation sites (tertiary alicyclic amines) is 1. The lowest BCUT2D eigenvalue weighted by Crippen LogP contribution is -2.30. The molecule has 116 valence electrons. The minimum absolute atomic E-state index is 0.0149. The summed E-state index contributed by atoms with van der Waals surface area (Å²) in [5.74, 6) is -0.199. The lowest BCUT2D eigenvalue weighted by Gasteiger charge is -2.15. The number of hydrogen-bond acceptors (Lipinski definition) is 4. The Labute approximate surface area is 133 Å². The topological polar surface area (TPSA) is 82.1 Å². The van der Waals surface area contributed by atoms with E-state index >= 15 is 0 Å². The number of halogens is 1. The number of nitrogens with one attached hydrogen (secondary N) is 1. The molecular formula is C15H17ClN4O2. The fourth-order valence-corrected chi connectivity index (χ4v) is 2.84. The number of aromatic amines is 1. The zero-order valence-electron chi connectivity index (χ0n) is 12.2. The van der Waals surface area contributed by atoms with Gasteiger partial charge in [-0.25, -0.2) is 4.98 Å². The molecule has 0 spiro atoms. The van der Waals surface area contributed by atoms with E-state index in [1.165, 1.54) is 6.20 Å². The second-order valence-corrected chi connectivity index (χ2v) is 6.08. The van der Waals surface area contributed by atoms with Crippen LogP contribution < -0.4 is 0 Å². The molecule has 1 fully saturated rings. The fraction of sp³-hybridized carbons (Fsp3) is 0.400. The van der Waals surface area contributed by atoms with Gasteiger partial charge in [0.15, 0.2) is 0 Å². The summed E-state index contributed by atoms with van der Waals surface area (Å²) in [7, 11) is 0. The number of aliphatic hydroxyl groups is 1.